The zero-order chi connectivity index (χ0) is 21.4. The minimum atomic E-state index is -0.223. The van der Waals surface area contributed by atoms with E-state index >= 15 is 0 Å². The number of carbonyl (C=O) groups is 1. The number of thioether (sulfide) groups is 1. The Morgan fingerprint density at radius 1 is 1.10 bits per heavy atom. The number of imidazole rings is 1. The smallest absolute Gasteiger partial charge is 0.264 e. The van der Waals surface area contributed by atoms with Crippen molar-refractivity contribution < 1.29 is 4.79 Å². The van der Waals surface area contributed by atoms with E-state index in [1.165, 1.54) is 5.69 Å². The Morgan fingerprint density at radius 3 is 2.52 bits per heavy atom. The molecule has 158 valence electrons. The number of rotatable bonds is 4. The first-order valence-electron chi connectivity index (χ1n) is 10.4. The first kappa shape index (κ1) is 19.8. The van der Waals surface area contributed by atoms with Gasteiger partial charge in [-0.3, -0.25) is 14.8 Å². The average Bonchev–Trinajstić information content (AvgIpc) is 3.36. The van der Waals surface area contributed by atoms with Gasteiger partial charge < -0.3 is 15.1 Å². The third kappa shape index (κ3) is 3.96. The van der Waals surface area contributed by atoms with E-state index in [2.05, 4.69) is 55.9 Å². The van der Waals surface area contributed by atoms with Crippen molar-refractivity contribution in [1.82, 2.24) is 19.8 Å². The van der Waals surface area contributed by atoms with E-state index in [0.717, 1.165) is 66.8 Å². The average molecular weight is 433 g/mol. The van der Waals surface area contributed by atoms with Crippen LogP contribution in [0.25, 0.3) is 22.8 Å². The molecule has 0 spiro atoms. The van der Waals surface area contributed by atoms with Gasteiger partial charge in [0.05, 0.1) is 15.9 Å². The van der Waals surface area contributed by atoms with Crippen LogP contribution in [0.5, 0.6) is 0 Å². The summed E-state index contributed by atoms with van der Waals surface area (Å²) >= 11 is 1.15. The molecule has 2 aromatic carbocycles. The SMILES string of the molecule is CCN1CCN(c2ccc(-n3cnc4ccc(C=C5SC(=N)NC5=O)cc43)cc2)CC1. The fraction of sp³-hybridized carbons (Fsp3) is 0.261. The van der Waals surface area contributed by atoms with Crippen LogP contribution in [-0.2, 0) is 4.79 Å². The summed E-state index contributed by atoms with van der Waals surface area (Å²) in [6.07, 6.45) is 3.65. The minimum absolute atomic E-state index is 0.165. The predicted molar refractivity (Wildman–Crippen MR) is 127 cm³/mol. The number of likely N-dealkylation sites (N-methyl/N-ethyl adjacent to an activating group) is 1. The molecule has 2 fully saturated rings. The molecule has 1 aromatic heterocycles. The number of piperazine rings is 1. The predicted octanol–water partition coefficient (Wildman–Crippen LogP) is 3.31. The van der Waals surface area contributed by atoms with Crippen molar-refractivity contribution in [3.8, 4) is 5.69 Å². The van der Waals surface area contributed by atoms with E-state index in [-0.39, 0.29) is 11.1 Å². The molecule has 3 aromatic rings. The largest absolute Gasteiger partial charge is 0.369 e. The molecule has 2 N–H and O–H groups in total. The van der Waals surface area contributed by atoms with E-state index in [1.807, 2.05) is 30.6 Å². The maximum atomic E-state index is 11.9. The highest BCUT2D eigenvalue weighted by Gasteiger charge is 2.22. The Balaban J connectivity index is 1.41. The van der Waals surface area contributed by atoms with Crippen molar-refractivity contribution in [3.05, 3.63) is 59.3 Å². The summed E-state index contributed by atoms with van der Waals surface area (Å²) < 4.78 is 2.07. The van der Waals surface area contributed by atoms with Gasteiger partial charge in [0.1, 0.15) is 6.33 Å². The first-order chi connectivity index (χ1) is 15.1. The fourth-order valence-corrected chi connectivity index (χ4v) is 4.76. The Kier molecular flexibility index (Phi) is 5.25. The van der Waals surface area contributed by atoms with Gasteiger partial charge in [-0.25, -0.2) is 4.98 Å². The summed E-state index contributed by atoms with van der Waals surface area (Å²) in [4.78, 5) is 21.9. The summed E-state index contributed by atoms with van der Waals surface area (Å²) in [5, 5.41) is 10.3. The number of benzene rings is 2. The number of hydrogen-bond donors (Lipinski definition) is 2. The van der Waals surface area contributed by atoms with Gasteiger partial charge in [-0.15, -0.1) is 0 Å². The van der Waals surface area contributed by atoms with Crippen molar-refractivity contribution in [1.29, 1.82) is 5.41 Å². The molecule has 0 saturated carbocycles. The highest BCUT2D eigenvalue weighted by molar-refractivity contribution is 8.18. The Hall–Kier alpha value is -3.10. The van der Waals surface area contributed by atoms with Gasteiger partial charge in [0.2, 0.25) is 0 Å². The molecule has 2 aliphatic rings. The molecular formula is C23H24N6OS. The van der Waals surface area contributed by atoms with Crippen molar-refractivity contribution in [2.24, 2.45) is 0 Å². The van der Waals surface area contributed by atoms with E-state index < -0.39 is 0 Å². The molecule has 2 aliphatic heterocycles. The molecule has 8 heteroatoms. The fourth-order valence-electron chi connectivity index (χ4n) is 4.06. The topological polar surface area (TPSA) is 77.2 Å². The lowest BCUT2D eigenvalue weighted by molar-refractivity contribution is -0.115. The highest BCUT2D eigenvalue weighted by atomic mass is 32.2. The first-order valence-corrected chi connectivity index (χ1v) is 11.3. The quantitative estimate of drug-likeness (QED) is 0.619. The van der Waals surface area contributed by atoms with Crippen LogP contribution in [0.2, 0.25) is 0 Å². The molecule has 31 heavy (non-hydrogen) atoms. The summed E-state index contributed by atoms with van der Waals surface area (Å²) in [6, 6.07) is 14.6. The number of amides is 1. The van der Waals surface area contributed by atoms with Crippen LogP contribution in [0.15, 0.2) is 53.7 Å². The van der Waals surface area contributed by atoms with Gasteiger partial charge in [0.15, 0.2) is 5.17 Å². The van der Waals surface area contributed by atoms with Gasteiger partial charge >= 0.3 is 0 Å². The Bertz CT molecular complexity index is 1170. The number of aromatic nitrogens is 2. The van der Waals surface area contributed by atoms with Crippen molar-refractivity contribution in [2.45, 2.75) is 6.92 Å². The maximum Gasteiger partial charge on any atom is 0.264 e. The second-order valence-corrected chi connectivity index (χ2v) is 8.75. The number of carbonyl (C=O) groups excluding carboxylic acids is 1. The van der Waals surface area contributed by atoms with Crippen LogP contribution in [0, 0.1) is 5.41 Å². The van der Waals surface area contributed by atoms with Gasteiger partial charge in [0, 0.05) is 37.6 Å². The van der Waals surface area contributed by atoms with Crippen LogP contribution in [-0.4, -0.2) is 58.2 Å². The molecule has 2 saturated heterocycles. The number of amidine groups is 1. The van der Waals surface area contributed by atoms with Crippen LogP contribution in [0.4, 0.5) is 5.69 Å². The van der Waals surface area contributed by atoms with Gasteiger partial charge in [-0.05, 0) is 66.3 Å². The highest BCUT2D eigenvalue weighted by Crippen LogP contribution is 2.27. The van der Waals surface area contributed by atoms with E-state index in [9.17, 15) is 4.79 Å². The molecule has 0 bridgehead atoms. The summed E-state index contributed by atoms with van der Waals surface area (Å²) in [6.45, 7) is 7.67. The number of anilines is 1. The standard InChI is InChI=1S/C23H24N6OS/c1-2-27-9-11-28(12-10-27)17-4-6-18(7-5-17)29-15-25-19-8-3-16(13-20(19)29)14-21-22(30)26-23(24)31-21/h3-8,13-15H,2,9-12H2,1H3,(H2,24,26,30). The maximum absolute atomic E-state index is 11.9. The Morgan fingerprint density at radius 2 is 1.84 bits per heavy atom. The van der Waals surface area contributed by atoms with Crippen LogP contribution in [0.1, 0.15) is 12.5 Å². The second-order valence-electron chi connectivity index (χ2n) is 7.69. The van der Waals surface area contributed by atoms with E-state index in [4.69, 9.17) is 5.41 Å². The minimum Gasteiger partial charge on any atom is -0.369 e. The van der Waals surface area contributed by atoms with Crippen LogP contribution >= 0.6 is 11.8 Å². The number of fused-ring (bicyclic) bond motifs is 1. The lowest BCUT2D eigenvalue weighted by atomic mass is 10.1. The van der Waals surface area contributed by atoms with Crippen LogP contribution < -0.4 is 10.2 Å². The van der Waals surface area contributed by atoms with Crippen molar-refractivity contribution in [2.75, 3.05) is 37.6 Å². The van der Waals surface area contributed by atoms with E-state index in [0.29, 0.717) is 4.91 Å². The Labute approximate surface area is 185 Å². The zero-order valence-corrected chi connectivity index (χ0v) is 18.2. The molecule has 3 heterocycles. The second kappa shape index (κ2) is 8.20. The van der Waals surface area contributed by atoms with Crippen molar-refractivity contribution in [3.63, 3.8) is 0 Å². The molecule has 0 aliphatic carbocycles. The molecule has 7 nitrogen and oxygen atoms in total. The summed E-state index contributed by atoms with van der Waals surface area (Å²) in [5.41, 5.74) is 5.10. The molecule has 0 atom stereocenters. The monoisotopic (exact) mass is 432 g/mol. The lowest BCUT2D eigenvalue weighted by Crippen LogP contribution is -2.46. The van der Waals surface area contributed by atoms with Crippen LogP contribution in [0.3, 0.4) is 0 Å². The molecular weight excluding hydrogens is 408 g/mol. The van der Waals surface area contributed by atoms with Gasteiger partial charge in [0.25, 0.3) is 5.91 Å². The molecule has 5 rings (SSSR count). The summed E-state index contributed by atoms with van der Waals surface area (Å²) in [7, 11) is 0. The summed E-state index contributed by atoms with van der Waals surface area (Å²) in [5.74, 6) is -0.223. The third-order valence-electron chi connectivity index (χ3n) is 5.84. The van der Waals surface area contributed by atoms with Gasteiger partial charge in [-0.2, -0.15) is 0 Å². The molecule has 1 amide bonds. The third-order valence-corrected chi connectivity index (χ3v) is 6.67. The van der Waals surface area contributed by atoms with Crippen molar-refractivity contribution >= 4 is 45.6 Å². The number of nitrogens with zero attached hydrogens (tertiary/aromatic N) is 4. The molecule has 0 radical (unpaired) electrons. The number of hydrogen-bond acceptors (Lipinski definition) is 6. The zero-order valence-electron chi connectivity index (χ0n) is 17.3. The normalized spacial score (nSPS) is 18.9. The molecule has 0 unspecified atom stereocenters. The van der Waals surface area contributed by atoms with E-state index in [1.54, 1.807) is 0 Å². The lowest BCUT2D eigenvalue weighted by Gasteiger charge is -2.35. The number of nitrogens with one attached hydrogen (secondary N) is 2. The van der Waals surface area contributed by atoms with Gasteiger partial charge in [-0.1, -0.05) is 13.0 Å².